The van der Waals surface area contributed by atoms with Gasteiger partial charge in [-0.15, -0.1) is 0 Å². The van der Waals surface area contributed by atoms with Crippen molar-refractivity contribution >= 4 is 23.5 Å². The Morgan fingerprint density at radius 1 is 1.23 bits per heavy atom. The Bertz CT molecular complexity index is 676. The van der Waals surface area contributed by atoms with E-state index in [4.69, 9.17) is 9.47 Å². The maximum absolute atomic E-state index is 12.4. The van der Waals surface area contributed by atoms with Gasteiger partial charge in [0.2, 0.25) is 11.8 Å². The average molecular weight is 364 g/mol. The van der Waals surface area contributed by atoms with E-state index in [9.17, 15) is 14.4 Å². The largest absolute Gasteiger partial charge is 0.497 e. The van der Waals surface area contributed by atoms with Gasteiger partial charge < -0.3 is 24.4 Å². The molecule has 0 radical (unpaired) electrons. The van der Waals surface area contributed by atoms with Gasteiger partial charge in [-0.25, -0.2) is 0 Å². The van der Waals surface area contributed by atoms with Crippen molar-refractivity contribution in [1.29, 1.82) is 0 Å². The van der Waals surface area contributed by atoms with Crippen LogP contribution in [0.2, 0.25) is 0 Å². The molecule has 1 aliphatic rings. The number of nitrogens with one attached hydrogen (secondary N) is 1. The molecule has 1 atom stereocenters. The Kier molecular flexibility index (Phi) is 6.82. The van der Waals surface area contributed by atoms with Crippen molar-refractivity contribution in [3.05, 3.63) is 18.2 Å². The van der Waals surface area contributed by atoms with E-state index in [1.165, 1.54) is 14.2 Å². The van der Waals surface area contributed by atoms with Crippen LogP contribution in [0.5, 0.6) is 11.5 Å². The van der Waals surface area contributed by atoms with E-state index in [0.29, 0.717) is 30.2 Å². The summed E-state index contributed by atoms with van der Waals surface area (Å²) in [5, 5.41) is 2.77. The molecule has 0 spiro atoms. The summed E-state index contributed by atoms with van der Waals surface area (Å²) in [6, 6.07) is 5.18. The lowest BCUT2D eigenvalue weighted by atomic mass is 10.1. The van der Waals surface area contributed by atoms with Gasteiger partial charge in [-0.3, -0.25) is 14.4 Å². The number of hydrogen-bond donors (Lipinski definition) is 1. The molecule has 1 fully saturated rings. The molecule has 2 rings (SSSR count). The van der Waals surface area contributed by atoms with Crippen molar-refractivity contribution in [2.75, 3.05) is 39.3 Å². The van der Waals surface area contributed by atoms with Gasteiger partial charge in [0.15, 0.2) is 0 Å². The van der Waals surface area contributed by atoms with Crippen LogP contribution in [0.25, 0.3) is 0 Å². The van der Waals surface area contributed by atoms with E-state index < -0.39 is 5.92 Å². The standard InChI is InChI=1S/C18H24N2O6/c1-24-13-6-7-14(15(10-13)25-2)20-11-12(9-16(20)21)18(23)19-8-4-5-17(22)26-3/h6-7,10,12H,4-5,8-9,11H2,1-3H3,(H,19,23)/t12-/m0/s1. The Morgan fingerprint density at radius 3 is 2.65 bits per heavy atom. The molecule has 1 N–H and O–H groups in total. The Hall–Kier alpha value is -2.77. The van der Waals surface area contributed by atoms with E-state index in [1.54, 1.807) is 30.2 Å². The predicted octanol–water partition coefficient (Wildman–Crippen LogP) is 1.13. The number of carbonyl (C=O) groups is 3. The van der Waals surface area contributed by atoms with E-state index in [2.05, 4.69) is 10.1 Å². The lowest BCUT2D eigenvalue weighted by molar-refractivity contribution is -0.140. The number of hydrogen-bond acceptors (Lipinski definition) is 6. The number of carbonyl (C=O) groups excluding carboxylic acids is 3. The van der Waals surface area contributed by atoms with Gasteiger partial charge in [0, 0.05) is 32.0 Å². The van der Waals surface area contributed by atoms with Gasteiger partial charge in [0.05, 0.1) is 32.9 Å². The molecule has 1 aromatic carbocycles. The summed E-state index contributed by atoms with van der Waals surface area (Å²) >= 11 is 0. The van der Waals surface area contributed by atoms with Crippen molar-refractivity contribution in [3.63, 3.8) is 0 Å². The van der Waals surface area contributed by atoms with Crippen molar-refractivity contribution < 1.29 is 28.6 Å². The zero-order chi connectivity index (χ0) is 19.1. The van der Waals surface area contributed by atoms with Crippen LogP contribution in [0.4, 0.5) is 5.69 Å². The summed E-state index contributed by atoms with van der Waals surface area (Å²) < 4.78 is 15.0. The van der Waals surface area contributed by atoms with E-state index in [-0.39, 0.29) is 37.2 Å². The third-order valence-corrected chi connectivity index (χ3v) is 4.26. The highest BCUT2D eigenvalue weighted by atomic mass is 16.5. The maximum Gasteiger partial charge on any atom is 0.305 e. The van der Waals surface area contributed by atoms with Gasteiger partial charge >= 0.3 is 5.97 Å². The molecule has 1 aliphatic heterocycles. The molecule has 0 saturated carbocycles. The summed E-state index contributed by atoms with van der Waals surface area (Å²) in [5.41, 5.74) is 0.610. The number of benzene rings is 1. The summed E-state index contributed by atoms with van der Waals surface area (Å²) in [5.74, 6) is 0.0517. The smallest absolute Gasteiger partial charge is 0.305 e. The van der Waals surface area contributed by atoms with Crippen molar-refractivity contribution in [1.82, 2.24) is 5.32 Å². The van der Waals surface area contributed by atoms with Crippen LogP contribution in [-0.4, -0.2) is 52.2 Å². The molecule has 142 valence electrons. The van der Waals surface area contributed by atoms with Gasteiger partial charge in [0.25, 0.3) is 0 Å². The number of rotatable bonds is 8. The minimum atomic E-state index is -0.438. The van der Waals surface area contributed by atoms with Crippen LogP contribution in [0.15, 0.2) is 18.2 Å². The van der Waals surface area contributed by atoms with Crippen LogP contribution < -0.4 is 19.7 Å². The molecule has 8 heteroatoms. The Labute approximate surface area is 152 Å². The first kappa shape index (κ1) is 19.6. The summed E-state index contributed by atoms with van der Waals surface area (Å²) in [6.45, 7) is 0.648. The Balaban J connectivity index is 1.95. The van der Waals surface area contributed by atoms with Crippen LogP contribution in [-0.2, 0) is 19.1 Å². The highest BCUT2D eigenvalue weighted by Crippen LogP contribution is 2.35. The first-order valence-corrected chi connectivity index (χ1v) is 8.37. The lowest BCUT2D eigenvalue weighted by Gasteiger charge is -2.20. The quantitative estimate of drug-likeness (QED) is 0.549. The fraction of sp³-hybridized carbons (Fsp3) is 0.500. The number of anilines is 1. The number of amides is 2. The number of methoxy groups -OCH3 is 3. The first-order valence-electron chi connectivity index (χ1n) is 8.37. The number of ether oxygens (including phenoxy) is 3. The van der Waals surface area contributed by atoms with Gasteiger partial charge in [-0.1, -0.05) is 0 Å². The molecule has 1 aromatic rings. The molecule has 0 aromatic heterocycles. The topological polar surface area (TPSA) is 94.2 Å². The van der Waals surface area contributed by atoms with E-state index in [1.807, 2.05) is 0 Å². The molecular weight excluding hydrogens is 340 g/mol. The van der Waals surface area contributed by atoms with Gasteiger partial charge in [-0.05, 0) is 18.6 Å². The number of nitrogens with zero attached hydrogens (tertiary/aromatic N) is 1. The second-order valence-corrected chi connectivity index (χ2v) is 5.91. The van der Waals surface area contributed by atoms with Gasteiger partial charge in [-0.2, -0.15) is 0 Å². The lowest BCUT2D eigenvalue weighted by Crippen LogP contribution is -2.33. The molecule has 0 unspecified atom stereocenters. The fourth-order valence-electron chi connectivity index (χ4n) is 2.81. The number of esters is 1. The molecule has 1 saturated heterocycles. The second-order valence-electron chi connectivity index (χ2n) is 5.91. The molecule has 8 nitrogen and oxygen atoms in total. The molecule has 0 bridgehead atoms. The maximum atomic E-state index is 12.4. The minimum absolute atomic E-state index is 0.136. The fourth-order valence-corrected chi connectivity index (χ4v) is 2.81. The summed E-state index contributed by atoms with van der Waals surface area (Å²) in [4.78, 5) is 37.3. The predicted molar refractivity (Wildman–Crippen MR) is 94.3 cm³/mol. The van der Waals surface area contributed by atoms with Crippen LogP contribution in [0.3, 0.4) is 0 Å². The van der Waals surface area contributed by atoms with Gasteiger partial charge in [0.1, 0.15) is 11.5 Å². The summed E-state index contributed by atoms with van der Waals surface area (Å²) in [7, 11) is 4.40. The first-order chi connectivity index (χ1) is 12.5. The third-order valence-electron chi connectivity index (χ3n) is 4.26. The molecule has 2 amide bonds. The van der Waals surface area contributed by atoms with Crippen molar-refractivity contribution in [2.45, 2.75) is 19.3 Å². The van der Waals surface area contributed by atoms with Crippen LogP contribution in [0.1, 0.15) is 19.3 Å². The van der Waals surface area contributed by atoms with Crippen molar-refractivity contribution in [2.24, 2.45) is 5.92 Å². The van der Waals surface area contributed by atoms with Crippen molar-refractivity contribution in [3.8, 4) is 11.5 Å². The Morgan fingerprint density at radius 2 is 2.00 bits per heavy atom. The molecule has 1 heterocycles. The van der Waals surface area contributed by atoms with Crippen LogP contribution in [0, 0.1) is 5.92 Å². The van der Waals surface area contributed by atoms with E-state index >= 15 is 0 Å². The molecule has 26 heavy (non-hydrogen) atoms. The minimum Gasteiger partial charge on any atom is -0.497 e. The third kappa shape index (κ3) is 4.65. The SMILES string of the molecule is COC(=O)CCCNC(=O)[C@H]1CC(=O)N(c2ccc(OC)cc2OC)C1. The second kappa shape index (κ2) is 9.07. The zero-order valence-corrected chi connectivity index (χ0v) is 15.2. The van der Waals surface area contributed by atoms with Crippen LogP contribution >= 0.6 is 0 Å². The molecular formula is C18H24N2O6. The summed E-state index contributed by atoms with van der Waals surface area (Å²) in [6.07, 6.45) is 0.878. The monoisotopic (exact) mass is 364 g/mol. The van der Waals surface area contributed by atoms with E-state index in [0.717, 1.165) is 0 Å². The zero-order valence-electron chi connectivity index (χ0n) is 15.2. The molecule has 0 aliphatic carbocycles. The average Bonchev–Trinajstić information content (AvgIpc) is 3.05. The normalized spacial score (nSPS) is 16.3. The highest BCUT2D eigenvalue weighted by molar-refractivity contribution is 6.01. The highest BCUT2D eigenvalue weighted by Gasteiger charge is 2.36.